The van der Waals surface area contributed by atoms with Crippen LogP contribution in [-0.4, -0.2) is 48.3 Å². The fourth-order valence-corrected chi connectivity index (χ4v) is 7.08. The molecule has 0 bridgehead atoms. The van der Waals surface area contributed by atoms with E-state index in [-0.39, 0.29) is 6.04 Å². The topological polar surface area (TPSA) is 86.7 Å². The molecular weight excluding hydrogens is 529 g/mol. The first-order valence-electron chi connectivity index (χ1n) is 13.5. The number of carbonyl (C=O) groups excluding carboxylic acids is 1. The number of aliphatic hydroxyl groups excluding tert-OH is 1. The van der Waals surface area contributed by atoms with Crippen LogP contribution < -0.4 is 5.32 Å². The molecule has 2 aromatic rings. The van der Waals surface area contributed by atoms with Crippen LogP contribution in [0.3, 0.4) is 0 Å². The smallest absolute Gasteiger partial charge is 0.391 e. The van der Waals surface area contributed by atoms with E-state index in [1.807, 2.05) is 0 Å². The highest BCUT2D eigenvalue weighted by Gasteiger charge is 2.44. The number of piperidine rings is 1. The van der Waals surface area contributed by atoms with Crippen LogP contribution in [0.4, 0.5) is 13.2 Å². The van der Waals surface area contributed by atoms with E-state index in [0.717, 1.165) is 62.7 Å². The number of fused-ring (bicyclic) bond motifs is 1. The predicted octanol–water partition coefficient (Wildman–Crippen LogP) is 5.19. The summed E-state index contributed by atoms with van der Waals surface area (Å²) < 4.78 is 64.0. The van der Waals surface area contributed by atoms with E-state index in [1.165, 1.54) is 44.2 Å². The van der Waals surface area contributed by atoms with Crippen molar-refractivity contribution >= 4 is 15.7 Å². The Morgan fingerprint density at radius 3 is 2.49 bits per heavy atom. The molecule has 1 aliphatic carbocycles. The fraction of sp³-hybridized carbons (Fsp3) is 0.552. The Labute approximate surface area is 228 Å². The molecule has 4 rings (SSSR count). The number of likely N-dealkylation sites (tertiary alicyclic amines) is 1. The van der Waals surface area contributed by atoms with Crippen molar-refractivity contribution in [2.75, 3.05) is 13.1 Å². The number of rotatable bonds is 8. The van der Waals surface area contributed by atoms with Gasteiger partial charge in [0.05, 0.1) is 33.8 Å². The minimum Gasteiger partial charge on any atom is -0.391 e. The van der Waals surface area contributed by atoms with Gasteiger partial charge < -0.3 is 10.4 Å². The second-order valence-electron chi connectivity index (χ2n) is 11.2. The fourth-order valence-electron chi connectivity index (χ4n) is 5.49. The van der Waals surface area contributed by atoms with Crippen molar-refractivity contribution in [1.29, 1.82) is 0 Å². The number of aliphatic hydroxyl groups is 1. The molecule has 1 fully saturated rings. The lowest BCUT2D eigenvalue weighted by atomic mass is 9.86. The summed E-state index contributed by atoms with van der Waals surface area (Å²) in [5.74, 6) is -0.509. The van der Waals surface area contributed by atoms with Crippen LogP contribution in [0.15, 0.2) is 47.4 Å². The number of aryl methyl sites for hydroxylation is 1. The van der Waals surface area contributed by atoms with Crippen LogP contribution in [0, 0.1) is 0 Å². The van der Waals surface area contributed by atoms with Gasteiger partial charge in [0.15, 0.2) is 9.84 Å². The highest BCUT2D eigenvalue weighted by molar-refractivity contribution is 7.92. The van der Waals surface area contributed by atoms with Gasteiger partial charge in [-0.3, -0.25) is 9.69 Å². The number of nitrogens with one attached hydrogen (secondary N) is 1. The van der Waals surface area contributed by atoms with E-state index in [9.17, 15) is 31.5 Å². The first kappa shape index (κ1) is 29.6. The molecule has 2 aromatic carbocycles. The van der Waals surface area contributed by atoms with Gasteiger partial charge in [0.25, 0.3) is 0 Å². The molecular formula is C29H37F3N2O4S. The molecule has 1 heterocycles. The summed E-state index contributed by atoms with van der Waals surface area (Å²) in [5.41, 5.74) is 2.37. The number of hydrogen-bond acceptors (Lipinski definition) is 5. The average Bonchev–Trinajstić information content (AvgIpc) is 2.88. The van der Waals surface area contributed by atoms with Crippen LogP contribution in [-0.2, 0) is 33.8 Å². The van der Waals surface area contributed by atoms with Gasteiger partial charge in [-0.25, -0.2) is 8.42 Å². The lowest BCUT2D eigenvalue weighted by molar-refractivity contribution is -0.137. The summed E-state index contributed by atoms with van der Waals surface area (Å²) in [5, 5.41) is 13.8. The van der Waals surface area contributed by atoms with Gasteiger partial charge in [-0.05, 0) is 93.9 Å². The Bertz CT molecular complexity index is 1290. The summed E-state index contributed by atoms with van der Waals surface area (Å²) in [6, 6.07) is 9.54. The second-order valence-corrected chi connectivity index (χ2v) is 13.8. The molecule has 1 saturated heterocycles. The van der Waals surface area contributed by atoms with Gasteiger partial charge in [-0.2, -0.15) is 13.2 Å². The number of amides is 1. The number of hydrogen-bond donors (Lipinski definition) is 2. The van der Waals surface area contributed by atoms with Crippen LogP contribution in [0.5, 0.6) is 0 Å². The molecule has 0 saturated carbocycles. The highest BCUT2D eigenvalue weighted by Crippen LogP contribution is 2.35. The van der Waals surface area contributed by atoms with Gasteiger partial charge >= 0.3 is 6.18 Å². The zero-order valence-electron chi connectivity index (χ0n) is 22.4. The first-order valence-corrected chi connectivity index (χ1v) is 15.0. The second kappa shape index (κ2) is 11.6. The summed E-state index contributed by atoms with van der Waals surface area (Å²) in [4.78, 5) is 14.8. The van der Waals surface area contributed by atoms with E-state index in [2.05, 4.69) is 28.4 Å². The number of carbonyl (C=O) groups is 1. The lowest BCUT2D eigenvalue weighted by Gasteiger charge is -2.32. The maximum Gasteiger partial charge on any atom is 0.416 e. The minimum atomic E-state index is -4.71. The highest BCUT2D eigenvalue weighted by atomic mass is 32.2. The molecule has 6 nitrogen and oxygen atoms in total. The maximum atomic E-state index is 13.2. The SMILES string of the molecule is CC(C)([C@H](O)CC(=O)N[C@@H]1CCCc2cc(CN3CCCCC3)ccc21)S(=O)(=O)c1cccc(C(F)(F)F)c1. The van der Waals surface area contributed by atoms with Crippen molar-refractivity contribution in [3.8, 4) is 0 Å². The molecule has 0 aromatic heterocycles. The van der Waals surface area contributed by atoms with Crippen LogP contribution in [0.2, 0.25) is 0 Å². The third-order valence-electron chi connectivity index (χ3n) is 8.06. The third kappa shape index (κ3) is 6.66. The average molecular weight is 567 g/mol. The van der Waals surface area contributed by atoms with Crippen molar-refractivity contribution in [1.82, 2.24) is 10.2 Å². The molecule has 0 unspecified atom stereocenters. The molecule has 1 amide bonds. The molecule has 214 valence electrons. The Balaban J connectivity index is 1.42. The monoisotopic (exact) mass is 566 g/mol. The minimum absolute atomic E-state index is 0.249. The van der Waals surface area contributed by atoms with Crippen molar-refractivity contribution in [2.24, 2.45) is 0 Å². The first-order chi connectivity index (χ1) is 18.3. The molecule has 10 heteroatoms. The van der Waals surface area contributed by atoms with Crippen LogP contribution in [0.25, 0.3) is 0 Å². The van der Waals surface area contributed by atoms with Crippen LogP contribution >= 0.6 is 0 Å². The van der Waals surface area contributed by atoms with Gasteiger partial charge in [-0.15, -0.1) is 0 Å². The number of alkyl halides is 3. The normalized spacial score (nSPS) is 19.8. The Hall–Kier alpha value is -2.43. The number of halogens is 3. The number of sulfone groups is 1. The quantitative estimate of drug-likeness (QED) is 0.460. The Kier molecular flexibility index (Phi) is 8.78. The largest absolute Gasteiger partial charge is 0.416 e. The van der Waals surface area contributed by atoms with Crippen molar-refractivity contribution in [2.45, 2.75) is 93.3 Å². The predicted molar refractivity (Wildman–Crippen MR) is 143 cm³/mol. The summed E-state index contributed by atoms with van der Waals surface area (Å²) in [7, 11) is -4.40. The summed E-state index contributed by atoms with van der Waals surface area (Å²) >= 11 is 0. The third-order valence-corrected chi connectivity index (χ3v) is 10.6. The lowest BCUT2D eigenvalue weighted by Crippen LogP contribution is -2.46. The van der Waals surface area contributed by atoms with Gasteiger partial charge in [0, 0.05) is 6.54 Å². The Morgan fingerprint density at radius 2 is 1.79 bits per heavy atom. The van der Waals surface area contributed by atoms with Gasteiger partial charge in [0.1, 0.15) is 0 Å². The van der Waals surface area contributed by atoms with Gasteiger partial charge in [-0.1, -0.05) is 30.7 Å². The van der Waals surface area contributed by atoms with E-state index >= 15 is 0 Å². The van der Waals surface area contributed by atoms with Crippen molar-refractivity contribution < 1.29 is 31.5 Å². The zero-order valence-corrected chi connectivity index (χ0v) is 23.2. The van der Waals surface area contributed by atoms with E-state index < -0.39 is 49.7 Å². The zero-order chi connectivity index (χ0) is 28.4. The van der Waals surface area contributed by atoms with Gasteiger partial charge in [0.2, 0.25) is 5.91 Å². The molecule has 2 N–H and O–H groups in total. The molecule has 39 heavy (non-hydrogen) atoms. The molecule has 0 radical (unpaired) electrons. The maximum absolute atomic E-state index is 13.2. The van der Waals surface area contributed by atoms with E-state index in [0.29, 0.717) is 6.07 Å². The molecule has 1 aliphatic heterocycles. The molecule has 2 aliphatic rings. The molecule has 2 atom stereocenters. The number of benzene rings is 2. The van der Waals surface area contributed by atoms with Crippen LogP contribution in [0.1, 0.15) is 80.7 Å². The molecule has 0 spiro atoms. The van der Waals surface area contributed by atoms with E-state index in [4.69, 9.17) is 0 Å². The Morgan fingerprint density at radius 1 is 1.08 bits per heavy atom. The van der Waals surface area contributed by atoms with E-state index in [1.54, 1.807) is 0 Å². The standard InChI is InChI=1S/C29H37F3N2O4S/c1-28(2,39(37,38)23-10-7-9-22(17-23)29(30,31)32)26(35)18-27(36)33-25-11-6-8-21-16-20(12-13-24(21)25)19-34-14-4-3-5-15-34/h7,9-10,12-13,16-17,25-26,35H,3-6,8,11,14-15,18-19H2,1-2H3,(H,33,36)/t25-,26-/m1/s1. The van der Waals surface area contributed by atoms with Crippen molar-refractivity contribution in [3.05, 3.63) is 64.7 Å². The summed E-state index contributed by atoms with van der Waals surface area (Å²) in [6.07, 6.45) is -0.567. The number of nitrogens with zero attached hydrogens (tertiary/aromatic N) is 1. The summed E-state index contributed by atoms with van der Waals surface area (Å²) in [6.45, 7) is 5.57. The van der Waals surface area contributed by atoms with Crippen molar-refractivity contribution in [3.63, 3.8) is 0 Å².